The molecular formula is C19H24N2S. The van der Waals surface area contributed by atoms with Crippen LogP contribution in [-0.4, -0.2) is 23.8 Å². The van der Waals surface area contributed by atoms with E-state index < -0.39 is 0 Å². The van der Waals surface area contributed by atoms with Crippen LogP contribution in [0.2, 0.25) is 0 Å². The minimum atomic E-state index is 0.351. The van der Waals surface area contributed by atoms with Gasteiger partial charge in [-0.2, -0.15) is 0 Å². The molecular weight excluding hydrogens is 288 g/mol. The number of piperidine rings is 1. The van der Waals surface area contributed by atoms with E-state index in [9.17, 15) is 0 Å². The lowest BCUT2D eigenvalue weighted by Gasteiger charge is -2.23. The zero-order chi connectivity index (χ0) is 15.0. The van der Waals surface area contributed by atoms with Crippen LogP contribution in [0.4, 0.5) is 0 Å². The number of hydrogen-bond acceptors (Lipinski definition) is 3. The second-order valence-corrected chi connectivity index (χ2v) is 7.11. The van der Waals surface area contributed by atoms with Crippen molar-refractivity contribution in [2.75, 3.05) is 18.8 Å². The molecule has 3 heteroatoms. The fraction of sp³-hybridized carbons (Fsp3) is 0.421. The van der Waals surface area contributed by atoms with E-state index in [0.29, 0.717) is 5.25 Å². The van der Waals surface area contributed by atoms with Crippen LogP contribution in [0.25, 0.3) is 0 Å². The first-order valence-electron chi connectivity index (χ1n) is 8.21. The summed E-state index contributed by atoms with van der Waals surface area (Å²) in [5.74, 6) is 2.11. The van der Waals surface area contributed by atoms with Crippen LogP contribution in [0.5, 0.6) is 0 Å². The van der Waals surface area contributed by atoms with Gasteiger partial charge in [0, 0.05) is 6.20 Å². The van der Waals surface area contributed by atoms with Crippen molar-refractivity contribution in [1.29, 1.82) is 0 Å². The summed E-state index contributed by atoms with van der Waals surface area (Å²) in [6, 6.07) is 17.0. The maximum atomic E-state index is 4.59. The molecule has 1 aliphatic heterocycles. The van der Waals surface area contributed by atoms with Gasteiger partial charge in [0.15, 0.2) is 0 Å². The van der Waals surface area contributed by atoms with E-state index in [1.807, 2.05) is 24.0 Å². The molecule has 1 atom stereocenters. The molecule has 0 radical (unpaired) electrons. The number of thioether (sulfide) groups is 1. The Morgan fingerprint density at radius 2 is 1.82 bits per heavy atom. The normalized spacial score (nSPS) is 17.3. The van der Waals surface area contributed by atoms with Crippen molar-refractivity contribution in [3.63, 3.8) is 0 Å². The smallest absolute Gasteiger partial charge is 0.0719 e. The number of hydrogen-bond donors (Lipinski definition) is 1. The molecule has 22 heavy (non-hydrogen) atoms. The summed E-state index contributed by atoms with van der Waals surface area (Å²) in [5, 5.41) is 3.80. The summed E-state index contributed by atoms with van der Waals surface area (Å²) in [5.41, 5.74) is 2.53. The highest BCUT2D eigenvalue weighted by atomic mass is 32.2. The molecule has 2 heterocycles. The molecule has 116 valence electrons. The number of aromatic nitrogens is 1. The first-order chi connectivity index (χ1) is 10.9. The van der Waals surface area contributed by atoms with Gasteiger partial charge >= 0.3 is 0 Å². The molecule has 2 aromatic rings. The Balaban J connectivity index is 1.64. The first-order valence-corrected chi connectivity index (χ1v) is 9.26. The van der Waals surface area contributed by atoms with E-state index in [1.165, 1.54) is 49.4 Å². The van der Waals surface area contributed by atoms with Crippen LogP contribution in [0.1, 0.15) is 35.8 Å². The molecule has 1 fully saturated rings. The summed E-state index contributed by atoms with van der Waals surface area (Å²) in [4.78, 5) is 4.59. The zero-order valence-corrected chi connectivity index (χ0v) is 13.8. The van der Waals surface area contributed by atoms with E-state index in [0.717, 1.165) is 5.92 Å². The van der Waals surface area contributed by atoms with Gasteiger partial charge in [-0.05, 0) is 61.7 Å². The average molecular weight is 312 g/mol. The predicted octanol–water partition coefficient (Wildman–Crippen LogP) is 4.29. The third-order valence-electron chi connectivity index (χ3n) is 4.33. The summed E-state index contributed by atoms with van der Waals surface area (Å²) in [6.45, 7) is 2.38. The lowest BCUT2D eigenvalue weighted by Crippen LogP contribution is -2.27. The highest BCUT2D eigenvalue weighted by Crippen LogP contribution is 2.35. The molecule has 1 aromatic carbocycles. The molecule has 1 N–H and O–H groups in total. The maximum absolute atomic E-state index is 4.59. The van der Waals surface area contributed by atoms with Crippen LogP contribution in [-0.2, 0) is 0 Å². The van der Waals surface area contributed by atoms with Crippen molar-refractivity contribution in [2.24, 2.45) is 5.92 Å². The topological polar surface area (TPSA) is 24.9 Å². The fourth-order valence-corrected chi connectivity index (χ4v) is 4.40. The molecule has 0 aliphatic carbocycles. The highest BCUT2D eigenvalue weighted by Gasteiger charge is 2.18. The largest absolute Gasteiger partial charge is 0.317 e. The minimum absolute atomic E-state index is 0.351. The summed E-state index contributed by atoms with van der Waals surface area (Å²) in [7, 11) is 0. The molecule has 1 aromatic heterocycles. The number of benzene rings is 1. The van der Waals surface area contributed by atoms with E-state index in [4.69, 9.17) is 0 Å². The van der Waals surface area contributed by atoms with Crippen LogP contribution in [0, 0.1) is 5.92 Å². The number of pyridine rings is 1. The van der Waals surface area contributed by atoms with Gasteiger partial charge in [-0.3, -0.25) is 4.98 Å². The quantitative estimate of drug-likeness (QED) is 0.861. The Bertz CT molecular complexity index is 498. The minimum Gasteiger partial charge on any atom is -0.317 e. The third kappa shape index (κ3) is 4.34. The Hall–Kier alpha value is -1.32. The van der Waals surface area contributed by atoms with E-state index >= 15 is 0 Å². The van der Waals surface area contributed by atoms with Crippen molar-refractivity contribution in [1.82, 2.24) is 10.3 Å². The van der Waals surface area contributed by atoms with E-state index in [-0.39, 0.29) is 0 Å². The van der Waals surface area contributed by atoms with E-state index in [2.05, 4.69) is 52.8 Å². The molecule has 3 rings (SSSR count). The molecule has 0 spiro atoms. The van der Waals surface area contributed by atoms with Crippen molar-refractivity contribution >= 4 is 11.8 Å². The number of nitrogens with zero attached hydrogens (tertiary/aromatic N) is 1. The monoisotopic (exact) mass is 312 g/mol. The van der Waals surface area contributed by atoms with Gasteiger partial charge < -0.3 is 5.32 Å². The van der Waals surface area contributed by atoms with Gasteiger partial charge in [-0.25, -0.2) is 0 Å². The molecule has 1 unspecified atom stereocenters. The standard InChI is InChI=1S/C19H24N2S/c1-2-6-17(7-3-1)19(18-8-4-5-12-21-18)22-15-11-16-9-13-20-14-10-16/h1-8,12,16,19-20H,9-11,13-15H2. The average Bonchev–Trinajstić information content (AvgIpc) is 2.61. The third-order valence-corrected chi connectivity index (χ3v) is 5.65. The summed E-state index contributed by atoms with van der Waals surface area (Å²) < 4.78 is 0. The lowest BCUT2D eigenvalue weighted by atomic mass is 9.96. The van der Waals surface area contributed by atoms with Crippen LogP contribution < -0.4 is 5.32 Å². The maximum Gasteiger partial charge on any atom is 0.0719 e. The number of nitrogens with one attached hydrogen (secondary N) is 1. The molecule has 0 amide bonds. The van der Waals surface area contributed by atoms with Gasteiger partial charge in [-0.15, -0.1) is 11.8 Å². The van der Waals surface area contributed by atoms with Crippen molar-refractivity contribution in [3.8, 4) is 0 Å². The van der Waals surface area contributed by atoms with Crippen LogP contribution in [0.15, 0.2) is 54.7 Å². The Labute approximate surface area is 137 Å². The summed E-state index contributed by atoms with van der Waals surface area (Å²) in [6.07, 6.45) is 5.89. The molecule has 2 nitrogen and oxygen atoms in total. The fourth-order valence-electron chi connectivity index (χ4n) is 3.03. The predicted molar refractivity (Wildman–Crippen MR) is 95.2 cm³/mol. The van der Waals surface area contributed by atoms with Crippen LogP contribution >= 0.6 is 11.8 Å². The molecule has 0 saturated carbocycles. The second kappa shape index (κ2) is 8.35. The van der Waals surface area contributed by atoms with Crippen LogP contribution in [0.3, 0.4) is 0 Å². The van der Waals surface area contributed by atoms with Gasteiger partial charge in [0.1, 0.15) is 0 Å². The van der Waals surface area contributed by atoms with E-state index in [1.54, 1.807) is 0 Å². The molecule has 0 bridgehead atoms. The van der Waals surface area contributed by atoms with Gasteiger partial charge in [0.05, 0.1) is 10.9 Å². The zero-order valence-electron chi connectivity index (χ0n) is 12.9. The Morgan fingerprint density at radius 3 is 2.55 bits per heavy atom. The second-order valence-electron chi connectivity index (χ2n) is 5.90. The lowest BCUT2D eigenvalue weighted by molar-refractivity contribution is 0.367. The Kier molecular flexibility index (Phi) is 5.91. The highest BCUT2D eigenvalue weighted by molar-refractivity contribution is 7.99. The summed E-state index contributed by atoms with van der Waals surface area (Å²) >= 11 is 2.04. The molecule has 1 saturated heterocycles. The first kappa shape index (κ1) is 15.6. The van der Waals surface area contributed by atoms with Crippen molar-refractivity contribution < 1.29 is 0 Å². The van der Waals surface area contributed by atoms with Gasteiger partial charge in [0.25, 0.3) is 0 Å². The van der Waals surface area contributed by atoms with Gasteiger partial charge in [0.2, 0.25) is 0 Å². The van der Waals surface area contributed by atoms with Gasteiger partial charge in [-0.1, -0.05) is 36.4 Å². The van der Waals surface area contributed by atoms with Crippen molar-refractivity contribution in [2.45, 2.75) is 24.5 Å². The SMILES string of the molecule is c1ccc(C(SCCC2CCNCC2)c2ccccn2)cc1. The van der Waals surface area contributed by atoms with Crippen molar-refractivity contribution in [3.05, 3.63) is 66.0 Å². The number of rotatable bonds is 6. The Morgan fingerprint density at radius 1 is 1.05 bits per heavy atom. The molecule has 1 aliphatic rings.